The van der Waals surface area contributed by atoms with Crippen molar-refractivity contribution in [1.82, 2.24) is 4.72 Å². The third-order valence-electron chi connectivity index (χ3n) is 2.47. The van der Waals surface area contributed by atoms with E-state index < -0.39 is 11.0 Å². The summed E-state index contributed by atoms with van der Waals surface area (Å²) >= 11 is 0. The molecule has 0 amide bonds. The minimum atomic E-state index is -0.958. The molecule has 0 aliphatic carbocycles. The van der Waals surface area contributed by atoms with E-state index in [1.165, 1.54) is 11.1 Å². The third kappa shape index (κ3) is 4.56. The van der Waals surface area contributed by atoms with Gasteiger partial charge >= 0.3 is 0 Å². The maximum atomic E-state index is 10.3. The molecule has 0 saturated carbocycles. The van der Waals surface area contributed by atoms with E-state index in [1.54, 1.807) is 23.8 Å². The van der Waals surface area contributed by atoms with Crippen molar-refractivity contribution in [3.8, 4) is 11.1 Å². The molecule has 0 radical (unpaired) electrons. The largest absolute Gasteiger partial charge is 0.308 e. The van der Waals surface area contributed by atoms with Crippen molar-refractivity contribution in [2.75, 3.05) is 0 Å². The van der Waals surface area contributed by atoms with Crippen molar-refractivity contribution in [3.05, 3.63) is 84.4 Å². The fraction of sp³-hybridized carbons (Fsp3) is 0. The fourth-order valence-electron chi connectivity index (χ4n) is 1.58. The molecule has 1 N–H and O–H groups in total. The predicted molar refractivity (Wildman–Crippen MR) is 81.4 cm³/mol. The molecule has 1 aliphatic heterocycles. The molecule has 96 valence electrons. The van der Waals surface area contributed by atoms with Gasteiger partial charge in [-0.25, -0.2) is 4.21 Å². The van der Waals surface area contributed by atoms with E-state index in [-0.39, 0.29) is 0 Å². The molecule has 19 heavy (non-hydrogen) atoms. The van der Waals surface area contributed by atoms with Crippen molar-refractivity contribution in [1.29, 1.82) is 0 Å². The Hall–Kier alpha value is -2.13. The molecule has 1 unspecified atom stereocenters. The zero-order chi connectivity index (χ0) is 13.3. The van der Waals surface area contributed by atoms with Crippen LogP contribution in [0.15, 0.2) is 84.4 Å². The number of nitrogens with one attached hydrogen (secondary N) is 1. The van der Waals surface area contributed by atoms with E-state index in [1.807, 2.05) is 12.1 Å². The molecule has 1 atom stereocenters. The quantitative estimate of drug-likeness (QED) is 0.841. The first-order valence-corrected chi connectivity index (χ1v) is 7.18. The Kier molecular flexibility index (Phi) is 5.14. The number of benzene rings is 2. The average Bonchev–Trinajstić information content (AvgIpc) is 2.51. The molecule has 0 saturated heterocycles. The third-order valence-corrected chi connectivity index (χ3v) is 3.25. The molecule has 1 heterocycles. The first-order valence-electron chi connectivity index (χ1n) is 5.97. The standard InChI is InChI=1S/C12H10.C4H5NOS/c1-3-7-11(8-4-1)12-9-5-2-6-10-12;6-7-4-2-1-3-5-7/h1-10H;1-5H. The molecule has 2 nitrogen and oxygen atoms in total. The van der Waals surface area contributed by atoms with Crippen molar-refractivity contribution in [3.63, 3.8) is 0 Å². The highest BCUT2D eigenvalue weighted by Crippen LogP contribution is 2.17. The van der Waals surface area contributed by atoms with Crippen LogP contribution in [0.1, 0.15) is 0 Å². The van der Waals surface area contributed by atoms with Gasteiger partial charge in [0.15, 0.2) is 0 Å². The van der Waals surface area contributed by atoms with Crippen LogP contribution in [0.5, 0.6) is 0 Å². The summed E-state index contributed by atoms with van der Waals surface area (Å²) in [5.74, 6) is 0. The zero-order valence-corrected chi connectivity index (χ0v) is 11.2. The van der Waals surface area contributed by atoms with Gasteiger partial charge in [-0.05, 0) is 17.2 Å². The highest BCUT2D eigenvalue weighted by Gasteiger charge is 1.91. The van der Waals surface area contributed by atoms with Gasteiger partial charge in [-0.3, -0.25) is 0 Å². The van der Waals surface area contributed by atoms with E-state index in [4.69, 9.17) is 0 Å². The highest BCUT2D eigenvalue weighted by atomic mass is 32.2. The SMILES string of the molecule is O=S1C=CC=CN1.c1ccc(-c2ccccc2)cc1. The van der Waals surface area contributed by atoms with Gasteiger partial charge in [0.05, 0.1) is 0 Å². The Morgan fingerprint density at radius 2 is 1.26 bits per heavy atom. The van der Waals surface area contributed by atoms with Gasteiger partial charge in [0.2, 0.25) is 0 Å². The van der Waals surface area contributed by atoms with E-state index in [2.05, 4.69) is 53.3 Å². The Labute approximate surface area is 116 Å². The van der Waals surface area contributed by atoms with Crippen molar-refractivity contribution in [2.24, 2.45) is 0 Å². The Balaban J connectivity index is 0.000000163. The highest BCUT2D eigenvalue weighted by molar-refractivity contribution is 7.86. The van der Waals surface area contributed by atoms with Crippen LogP contribution in [-0.4, -0.2) is 4.21 Å². The van der Waals surface area contributed by atoms with Gasteiger partial charge in [-0.15, -0.1) is 0 Å². The maximum Gasteiger partial charge on any atom is 0.142 e. The minimum absolute atomic E-state index is 0.958. The molecule has 3 rings (SSSR count). The first kappa shape index (κ1) is 13.3. The lowest BCUT2D eigenvalue weighted by atomic mass is 10.1. The van der Waals surface area contributed by atoms with Crippen molar-refractivity contribution < 1.29 is 4.21 Å². The lowest BCUT2D eigenvalue weighted by molar-refractivity contribution is 0.685. The number of rotatable bonds is 1. The van der Waals surface area contributed by atoms with E-state index >= 15 is 0 Å². The van der Waals surface area contributed by atoms with Crippen LogP contribution in [0.25, 0.3) is 11.1 Å². The smallest absolute Gasteiger partial charge is 0.142 e. The summed E-state index contributed by atoms with van der Waals surface area (Å²) in [7, 11) is -0.958. The van der Waals surface area contributed by atoms with Gasteiger partial charge in [0.25, 0.3) is 0 Å². The van der Waals surface area contributed by atoms with Crippen LogP contribution in [0.2, 0.25) is 0 Å². The predicted octanol–water partition coefficient (Wildman–Crippen LogP) is 3.63. The molecule has 1 aliphatic rings. The molecule has 0 bridgehead atoms. The molecule has 2 aromatic rings. The monoisotopic (exact) mass is 269 g/mol. The van der Waals surface area contributed by atoms with Gasteiger partial charge in [-0.2, -0.15) is 0 Å². The summed E-state index contributed by atoms with van der Waals surface area (Å²) < 4.78 is 12.9. The van der Waals surface area contributed by atoms with Crippen LogP contribution >= 0.6 is 0 Å². The lowest BCUT2D eigenvalue weighted by Gasteiger charge is -1.98. The Morgan fingerprint density at radius 3 is 1.58 bits per heavy atom. The second-order valence-corrected chi connectivity index (χ2v) is 4.94. The topological polar surface area (TPSA) is 29.1 Å². The average molecular weight is 269 g/mol. The summed E-state index contributed by atoms with van der Waals surface area (Å²) in [6.45, 7) is 0. The fourth-order valence-corrected chi connectivity index (χ4v) is 2.10. The molecular weight excluding hydrogens is 254 g/mol. The Bertz CT molecular complexity index is 539. The lowest BCUT2D eigenvalue weighted by Crippen LogP contribution is -2.07. The Morgan fingerprint density at radius 1 is 0.737 bits per heavy atom. The summed E-state index contributed by atoms with van der Waals surface area (Å²) in [5.41, 5.74) is 2.55. The first-order chi connectivity index (χ1) is 9.36. The molecule has 2 aromatic carbocycles. The van der Waals surface area contributed by atoms with Crippen molar-refractivity contribution in [2.45, 2.75) is 0 Å². The maximum absolute atomic E-state index is 10.3. The van der Waals surface area contributed by atoms with Crippen LogP contribution in [0, 0.1) is 0 Å². The molecule has 0 spiro atoms. The summed E-state index contributed by atoms with van der Waals surface area (Å²) in [4.78, 5) is 0. The van der Waals surface area contributed by atoms with Gasteiger partial charge in [0.1, 0.15) is 11.0 Å². The van der Waals surface area contributed by atoms with Gasteiger partial charge in [-0.1, -0.05) is 66.7 Å². The van der Waals surface area contributed by atoms with Crippen LogP contribution < -0.4 is 4.72 Å². The number of hydrogen-bond acceptors (Lipinski definition) is 1. The number of hydrogen-bond donors (Lipinski definition) is 1. The zero-order valence-electron chi connectivity index (χ0n) is 10.4. The summed E-state index contributed by atoms with van der Waals surface area (Å²) in [6, 6.07) is 20.8. The van der Waals surface area contributed by atoms with E-state index in [0.717, 1.165) is 0 Å². The molecule has 3 heteroatoms. The van der Waals surface area contributed by atoms with E-state index in [0.29, 0.717) is 0 Å². The molecule has 0 aromatic heterocycles. The summed E-state index contributed by atoms with van der Waals surface area (Å²) in [5, 5.41) is 1.58. The van der Waals surface area contributed by atoms with E-state index in [9.17, 15) is 4.21 Å². The normalized spacial score (nSPS) is 16.1. The molecule has 0 fully saturated rings. The second kappa shape index (κ2) is 7.34. The summed E-state index contributed by atoms with van der Waals surface area (Å²) in [6.07, 6.45) is 5.18. The van der Waals surface area contributed by atoms with Crippen LogP contribution in [0.4, 0.5) is 0 Å². The van der Waals surface area contributed by atoms with Gasteiger partial charge in [0, 0.05) is 11.6 Å². The van der Waals surface area contributed by atoms with Gasteiger partial charge < -0.3 is 4.72 Å². The van der Waals surface area contributed by atoms with Crippen LogP contribution in [-0.2, 0) is 11.0 Å². The minimum Gasteiger partial charge on any atom is -0.308 e. The van der Waals surface area contributed by atoms with Crippen LogP contribution in [0.3, 0.4) is 0 Å². The second-order valence-electron chi connectivity index (χ2n) is 3.83. The van der Waals surface area contributed by atoms with Crippen molar-refractivity contribution >= 4 is 11.0 Å². The molecular formula is C16H15NOS. The number of allylic oxidation sites excluding steroid dienone is 2.